The molecule has 0 saturated heterocycles. The number of ether oxygens (including phenoxy) is 2. The Morgan fingerprint density at radius 1 is 1.26 bits per heavy atom. The minimum atomic E-state index is -0.867. The highest BCUT2D eigenvalue weighted by atomic mass is 32.1. The summed E-state index contributed by atoms with van der Waals surface area (Å²) in [6, 6.07) is 1.95. The van der Waals surface area contributed by atoms with Crippen molar-refractivity contribution < 1.29 is 23.9 Å². The molecule has 0 spiro atoms. The average Bonchev–Trinajstić information content (AvgIpc) is 3.16. The van der Waals surface area contributed by atoms with Crippen molar-refractivity contribution in [3.63, 3.8) is 0 Å². The van der Waals surface area contributed by atoms with E-state index in [1.807, 2.05) is 22.1 Å². The van der Waals surface area contributed by atoms with Gasteiger partial charge in [-0.25, -0.2) is 9.78 Å². The van der Waals surface area contributed by atoms with Crippen LogP contribution in [0.1, 0.15) is 12.6 Å². The number of alkyl carbamates (subject to hydrolysis) is 1. The van der Waals surface area contributed by atoms with Gasteiger partial charge in [-0.2, -0.15) is 11.3 Å². The van der Waals surface area contributed by atoms with Gasteiger partial charge in [-0.05, 0) is 18.4 Å². The molecule has 7 nitrogen and oxygen atoms in total. The van der Waals surface area contributed by atoms with Crippen LogP contribution >= 0.6 is 22.7 Å². The number of amides is 2. The number of hydrogen-bond donors (Lipinski definition) is 1. The van der Waals surface area contributed by atoms with Crippen molar-refractivity contribution in [2.45, 2.75) is 13.3 Å². The van der Waals surface area contributed by atoms with E-state index in [2.05, 4.69) is 9.72 Å². The predicted molar refractivity (Wildman–Crippen MR) is 85.3 cm³/mol. The molecule has 0 aliphatic rings. The highest BCUT2D eigenvalue weighted by molar-refractivity contribution is 7.14. The van der Waals surface area contributed by atoms with Crippen LogP contribution in [0.25, 0.3) is 10.6 Å². The lowest BCUT2D eigenvalue weighted by Crippen LogP contribution is -2.34. The minimum absolute atomic E-state index is 0.0344. The monoisotopic (exact) mass is 354 g/mol. The Bertz CT molecular complexity index is 681. The third kappa shape index (κ3) is 5.46. The van der Waals surface area contributed by atoms with Crippen molar-refractivity contribution in [2.75, 3.05) is 13.2 Å². The molecule has 0 aromatic carbocycles. The molecule has 0 bridgehead atoms. The van der Waals surface area contributed by atoms with Crippen LogP contribution in [-0.4, -0.2) is 36.2 Å². The Kier molecular flexibility index (Phi) is 6.24. The van der Waals surface area contributed by atoms with E-state index < -0.39 is 24.6 Å². The number of nitrogens with one attached hydrogen (secondary N) is 1. The predicted octanol–water partition coefficient (Wildman–Crippen LogP) is 2.23. The zero-order chi connectivity index (χ0) is 16.7. The fourth-order valence-electron chi connectivity index (χ4n) is 1.57. The fourth-order valence-corrected chi connectivity index (χ4v) is 3.10. The molecule has 0 aliphatic heterocycles. The molecule has 0 atom stereocenters. The van der Waals surface area contributed by atoms with E-state index in [9.17, 15) is 14.4 Å². The van der Waals surface area contributed by atoms with Crippen molar-refractivity contribution in [3.05, 3.63) is 27.9 Å². The Labute approximate surface area is 140 Å². The summed E-state index contributed by atoms with van der Waals surface area (Å²) in [7, 11) is 0. The second-order valence-electron chi connectivity index (χ2n) is 4.26. The van der Waals surface area contributed by atoms with Gasteiger partial charge >= 0.3 is 12.1 Å². The van der Waals surface area contributed by atoms with Gasteiger partial charge in [-0.1, -0.05) is 0 Å². The summed E-state index contributed by atoms with van der Waals surface area (Å²) in [4.78, 5) is 38.4. The van der Waals surface area contributed by atoms with Gasteiger partial charge in [0.15, 0.2) is 6.61 Å². The number of rotatable bonds is 6. The summed E-state index contributed by atoms with van der Waals surface area (Å²) in [6.45, 7) is 1.22. The number of nitrogens with zero attached hydrogens (tertiary/aromatic N) is 1. The normalized spacial score (nSPS) is 10.1. The third-order valence-corrected chi connectivity index (χ3v) is 4.15. The lowest BCUT2D eigenvalue weighted by atomic mass is 10.3. The Morgan fingerprint density at radius 3 is 2.78 bits per heavy atom. The number of carbonyl (C=O) groups is 3. The lowest BCUT2D eigenvalue weighted by molar-refractivity contribution is -0.147. The van der Waals surface area contributed by atoms with E-state index in [0.717, 1.165) is 10.6 Å². The van der Waals surface area contributed by atoms with Crippen molar-refractivity contribution in [1.29, 1.82) is 0 Å². The third-order valence-electron chi connectivity index (χ3n) is 2.53. The quantitative estimate of drug-likeness (QED) is 0.800. The van der Waals surface area contributed by atoms with Crippen molar-refractivity contribution in [1.82, 2.24) is 10.3 Å². The Balaban J connectivity index is 1.77. The van der Waals surface area contributed by atoms with Gasteiger partial charge in [0.05, 0.1) is 18.7 Å². The first kappa shape index (κ1) is 17.1. The number of hydrogen-bond acceptors (Lipinski definition) is 8. The van der Waals surface area contributed by atoms with Crippen LogP contribution < -0.4 is 5.32 Å². The Morgan fingerprint density at radius 2 is 2.09 bits per heavy atom. The number of imide groups is 1. The van der Waals surface area contributed by atoms with Gasteiger partial charge in [-0.3, -0.25) is 14.9 Å². The topological polar surface area (TPSA) is 94.6 Å². The second kappa shape index (κ2) is 8.39. The largest absolute Gasteiger partial charge is 0.455 e. The van der Waals surface area contributed by atoms with Crippen LogP contribution in [-0.2, 0) is 25.5 Å². The second-order valence-corrected chi connectivity index (χ2v) is 5.90. The number of aromatic nitrogens is 1. The first-order chi connectivity index (χ1) is 11.1. The SMILES string of the molecule is CCOC(=O)NC(=O)COC(=O)Cc1csc(-c2ccsc2)n1. The zero-order valence-electron chi connectivity index (χ0n) is 12.2. The molecule has 2 heterocycles. The zero-order valence-corrected chi connectivity index (χ0v) is 13.9. The minimum Gasteiger partial charge on any atom is -0.455 e. The van der Waals surface area contributed by atoms with Gasteiger partial charge in [0, 0.05) is 16.3 Å². The molecule has 2 rings (SSSR count). The Hall–Kier alpha value is -2.26. The fraction of sp³-hybridized carbons (Fsp3) is 0.286. The van der Waals surface area contributed by atoms with Crippen molar-refractivity contribution in [3.8, 4) is 10.6 Å². The smallest absolute Gasteiger partial charge is 0.413 e. The summed E-state index contributed by atoms with van der Waals surface area (Å²) in [5.41, 5.74) is 1.58. The maximum Gasteiger partial charge on any atom is 0.413 e. The van der Waals surface area contributed by atoms with E-state index in [1.165, 1.54) is 11.3 Å². The molecule has 1 N–H and O–H groups in total. The van der Waals surface area contributed by atoms with E-state index in [0.29, 0.717) is 5.69 Å². The molecule has 0 fully saturated rings. The van der Waals surface area contributed by atoms with Crippen LogP contribution in [0, 0.1) is 0 Å². The van der Waals surface area contributed by atoms with Crippen LogP contribution in [0.5, 0.6) is 0 Å². The summed E-state index contributed by atoms with van der Waals surface area (Å²) < 4.78 is 9.33. The summed E-state index contributed by atoms with van der Waals surface area (Å²) in [5.74, 6) is -1.33. The van der Waals surface area contributed by atoms with Gasteiger partial charge in [0.1, 0.15) is 5.01 Å². The molecule has 0 aliphatic carbocycles. The first-order valence-corrected chi connectivity index (χ1v) is 8.50. The molecule has 0 radical (unpaired) electrons. The molecule has 2 amide bonds. The van der Waals surface area contributed by atoms with Crippen molar-refractivity contribution in [2.24, 2.45) is 0 Å². The molecule has 0 saturated carbocycles. The van der Waals surface area contributed by atoms with Crippen molar-refractivity contribution >= 4 is 40.6 Å². The van der Waals surface area contributed by atoms with E-state index in [1.54, 1.807) is 23.6 Å². The van der Waals surface area contributed by atoms with Gasteiger partial charge in [0.25, 0.3) is 5.91 Å². The highest BCUT2D eigenvalue weighted by Crippen LogP contribution is 2.25. The molecule has 2 aromatic heterocycles. The summed E-state index contributed by atoms with van der Waals surface area (Å²) in [5, 5.41) is 8.46. The van der Waals surface area contributed by atoms with Gasteiger partial charge < -0.3 is 9.47 Å². The summed E-state index contributed by atoms with van der Waals surface area (Å²) in [6.07, 6.45) is -0.902. The standard InChI is InChI=1S/C14H14N2O5S2/c1-2-20-14(19)16-11(17)6-21-12(18)5-10-8-23-13(15-10)9-3-4-22-7-9/h3-4,7-8H,2,5-6H2,1H3,(H,16,17,19). The van der Waals surface area contributed by atoms with E-state index in [-0.39, 0.29) is 13.0 Å². The van der Waals surface area contributed by atoms with Crippen LogP contribution in [0.2, 0.25) is 0 Å². The molecule has 122 valence electrons. The van der Waals surface area contributed by atoms with E-state index in [4.69, 9.17) is 4.74 Å². The highest BCUT2D eigenvalue weighted by Gasteiger charge is 2.13. The molecular formula is C14H14N2O5S2. The van der Waals surface area contributed by atoms with Gasteiger partial charge in [-0.15, -0.1) is 11.3 Å². The lowest BCUT2D eigenvalue weighted by Gasteiger charge is -2.05. The van der Waals surface area contributed by atoms with Crippen LogP contribution in [0.3, 0.4) is 0 Å². The first-order valence-electron chi connectivity index (χ1n) is 6.67. The number of thiophene rings is 1. The average molecular weight is 354 g/mol. The van der Waals surface area contributed by atoms with Crippen LogP contribution in [0.15, 0.2) is 22.2 Å². The number of esters is 1. The molecular weight excluding hydrogens is 340 g/mol. The number of thiazole rings is 1. The molecule has 23 heavy (non-hydrogen) atoms. The molecule has 0 unspecified atom stereocenters. The maximum absolute atomic E-state index is 11.7. The number of carbonyl (C=O) groups excluding carboxylic acids is 3. The van der Waals surface area contributed by atoms with Crippen LogP contribution in [0.4, 0.5) is 4.79 Å². The maximum atomic E-state index is 11.7. The van der Waals surface area contributed by atoms with Gasteiger partial charge in [0.2, 0.25) is 0 Å². The van der Waals surface area contributed by atoms with E-state index >= 15 is 0 Å². The summed E-state index contributed by atoms with van der Waals surface area (Å²) >= 11 is 3.00. The molecule has 2 aromatic rings. The molecule has 9 heteroatoms.